The number of carboxylic acid groups (broad SMARTS) is 1. The Morgan fingerprint density at radius 1 is 1.16 bits per heavy atom. The Kier molecular flexibility index (Phi) is 7.02. The van der Waals surface area contributed by atoms with E-state index in [9.17, 15) is 22.8 Å². The second-order valence-corrected chi connectivity index (χ2v) is 6.77. The van der Waals surface area contributed by atoms with Gasteiger partial charge in [0.2, 0.25) is 5.91 Å². The minimum atomic E-state index is -4.38. The van der Waals surface area contributed by atoms with Crippen LogP contribution in [0.1, 0.15) is 51.2 Å². The Bertz CT molecular complexity index is 595. The molecule has 0 spiro atoms. The van der Waals surface area contributed by atoms with Gasteiger partial charge in [-0.3, -0.25) is 9.59 Å². The smallest absolute Gasteiger partial charge is 0.416 e. The van der Waals surface area contributed by atoms with E-state index in [4.69, 9.17) is 5.11 Å². The minimum absolute atomic E-state index is 0.0526. The Morgan fingerprint density at radius 2 is 1.72 bits per heavy atom. The van der Waals surface area contributed by atoms with E-state index in [1.807, 2.05) is 6.92 Å². The van der Waals surface area contributed by atoms with Crippen LogP contribution < -0.4 is 5.32 Å². The van der Waals surface area contributed by atoms with Gasteiger partial charge in [0.05, 0.1) is 5.56 Å². The molecule has 0 aromatic heterocycles. The van der Waals surface area contributed by atoms with Crippen LogP contribution in [0.4, 0.5) is 13.2 Å². The minimum Gasteiger partial charge on any atom is -0.481 e. The highest BCUT2D eigenvalue weighted by atomic mass is 19.4. The van der Waals surface area contributed by atoms with Crippen LogP contribution in [0, 0.1) is 5.92 Å². The molecule has 1 aromatic carbocycles. The van der Waals surface area contributed by atoms with Crippen molar-refractivity contribution in [1.29, 1.82) is 0 Å². The number of alkyl halides is 3. The van der Waals surface area contributed by atoms with Crippen molar-refractivity contribution in [3.63, 3.8) is 0 Å². The van der Waals surface area contributed by atoms with E-state index in [0.29, 0.717) is 24.8 Å². The quantitative estimate of drug-likeness (QED) is 0.736. The van der Waals surface area contributed by atoms with Crippen LogP contribution in [0.2, 0.25) is 0 Å². The number of carbonyl (C=O) groups is 2. The summed E-state index contributed by atoms with van der Waals surface area (Å²) in [5, 5.41) is 11.6. The summed E-state index contributed by atoms with van der Waals surface area (Å²) in [6.07, 6.45) is -3.28. The SMILES string of the molecule is CCC(Cc1ccc(C(F)(F)F)cc1)C(=O)NC(C)(C)CCC(=O)O. The first-order valence-corrected chi connectivity index (χ1v) is 8.14. The molecule has 0 aliphatic rings. The summed E-state index contributed by atoms with van der Waals surface area (Å²) >= 11 is 0. The summed E-state index contributed by atoms with van der Waals surface area (Å²) in [4.78, 5) is 23.1. The molecule has 0 aliphatic carbocycles. The van der Waals surface area contributed by atoms with Crippen LogP contribution in [0.15, 0.2) is 24.3 Å². The number of hydrogen-bond donors (Lipinski definition) is 2. The van der Waals surface area contributed by atoms with Crippen molar-refractivity contribution >= 4 is 11.9 Å². The van der Waals surface area contributed by atoms with E-state index in [1.54, 1.807) is 13.8 Å². The number of carboxylic acids is 1. The molecule has 0 fully saturated rings. The molecule has 25 heavy (non-hydrogen) atoms. The van der Waals surface area contributed by atoms with Crippen molar-refractivity contribution in [3.05, 3.63) is 35.4 Å². The monoisotopic (exact) mass is 359 g/mol. The average molecular weight is 359 g/mol. The number of benzene rings is 1. The van der Waals surface area contributed by atoms with Crippen LogP contribution in [0.5, 0.6) is 0 Å². The predicted molar refractivity (Wildman–Crippen MR) is 88.0 cm³/mol. The first kappa shape index (κ1) is 21.0. The molecule has 0 saturated carbocycles. The molecule has 140 valence electrons. The number of amides is 1. The van der Waals surface area contributed by atoms with Crippen molar-refractivity contribution in [3.8, 4) is 0 Å². The highest BCUT2D eigenvalue weighted by Gasteiger charge is 2.30. The fraction of sp³-hybridized carbons (Fsp3) is 0.556. The highest BCUT2D eigenvalue weighted by Crippen LogP contribution is 2.29. The van der Waals surface area contributed by atoms with Crippen LogP contribution in [0.3, 0.4) is 0 Å². The number of aliphatic carboxylic acids is 1. The van der Waals surface area contributed by atoms with E-state index in [-0.39, 0.29) is 18.2 Å². The number of hydrogen-bond acceptors (Lipinski definition) is 2. The third kappa shape index (κ3) is 7.15. The van der Waals surface area contributed by atoms with E-state index in [1.165, 1.54) is 12.1 Å². The molecule has 1 amide bonds. The van der Waals surface area contributed by atoms with Gasteiger partial charge in [-0.1, -0.05) is 19.1 Å². The molecule has 0 heterocycles. The number of carbonyl (C=O) groups excluding carboxylic acids is 1. The molecular weight excluding hydrogens is 335 g/mol. The average Bonchev–Trinajstić information content (AvgIpc) is 2.49. The predicted octanol–water partition coefficient (Wildman–Crippen LogP) is 4.03. The molecular formula is C18H24F3NO3. The maximum atomic E-state index is 12.6. The summed E-state index contributed by atoms with van der Waals surface area (Å²) in [7, 11) is 0. The Balaban J connectivity index is 2.72. The lowest BCUT2D eigenvalue weighted by molar-refractivity contribution is -0.138. The summed E-state index contributed by atoms with van der Waals surface area (Å²) in [5.74, 6) is -1.54. The second kappa shape index (κ2) is 8.36. The van der Waals surface area contributed by atoms with Crippen molar-refractivity contribution in [2.45, 2.75) is 58.2 Å². The van der Waals surface area contributed by atoms with Gasteiger partial charge in [-0.05, 0) is 50.8 Å². The van der Waals surface area contributed by atoms with E-state index in [0.717, 1.165) is 12.1 Å². The molecule has 1 unspecified atom stereocenters. The Hall–Kier alpha value is -2.05. The van der Waals surface area contributed by atoms with E-state index in [2.05, 4.69) is 5.32 Å². The molecule has 0 bridgehead atoms. The van der Waals surface area contributed by atoms with Gasteiger partial charge in [0.25, 0.3) is 0 Å². The summed E-state index contributed by atoms with van der Waals surface area (Å²) < 4.78 is 37.8. The topological polar surface area (TPSA) is 66.4 Å². The highest BCUT2D eigenvalue weighted by molar-refractivity contribution is 5.79. The van der Waals surface area contributed by atoms with Gasteiger partial charge in [0.1, 0.15) is 0 Å². The second-order valence-electron chi connectivity index (χ2n) is 6.77. The standard InChI is InChI=1S/C18H24F3NO3/c1-4-13(16(25)22-17(2,3)10-9-15(23)24)11-12-5-7-14(8-6-12)18(19,20)21/h5-8,13H,4,9-11H2,1-3H3,(H,22,25)(H,23,24). The molecule has 2 N–H and O–H groups in total. The lowest BCUT2D eigenvalue weighted by Crippen LogP contribution is -2.46. The van der Waals surface area contributed by atoms with Crippen LogP contribution in [-0.4, -0.2) is 22.5 Å². The Morgan fingerprint density at radius 3 is 2.16 bits per heavy atom. The van der Waals surface area contributed by atoms with Crippen molar-refractivity contribution in [1.82, 2.24) is 5.32 Å². The Labute approximate surface area is 145 Å². The van der Waals surface area contributed by atoms with Crippen LogP contribution in [0.25, 0.3) is 0 Å². The van der Waals surface area contributed by atoms with E-state index < -0.39 is 23.2 Å². The first-order chi connectivity index (χ1) is 11.4. The van der Waals surface area contributed by atoms with Crippen molar-refractivity contribution in [2.75, 3.05) is 0 Å². The molecule has 1 atom stereocenters. The van der Waals surface area contributed by atoms with Crippen molar-refractivity contribution < 1.29 is 27.9 Å². The molecule has 1 aromatic rings. The normalized spacial score (nSPS) is 13.4. The zero-order valence-electron chi connectivity index (χ0n) is 14.6. The van der Waals surface area contributed by atoms with Gasteiger partial charge in [-0.25, -0.2) is 0 Å². The van der Waals surface area contributed by atoms with Crippen LogP contribution >= 0.6 is 0 Å². The van der Waals surface area contributed by atoms with E-state index >= 15 is 0 Å². The zero-order chi connectivity index (χ0) is 19.3. The zero-order valence-corrected chi connectivity index (χ0v) is 14.6. The maximum absolute atomic E-state index is 12.6. The number of nitrogens with one attached hydrogen (secondary N) is 1. The molecule has 0 radical (unpaired) electrons. The first-order valence-electron chi connectivity index (χ1n) is 8.14. The molecule has 7 heteroatoms. The fourth-order valence-electron chi connectivity index (χ4n) is 2.45. The van der Waals surface area contributed by atoms with Gasteiger partial charge in [0.15, 0.2) is 0 Å². The van der Waals surface area contributed by atoms with Gasteiger partial charge >= 0.3 is 12.1 Å². The van der Waals surface area contributed by atoms with Gasteiger partial charge in [-0.15, -0.1) is 0 Å². The number of rotatable bonds is 8. The molecule has 0 aliphatic heterocycles. The molecule has 4 nitrogen and oxygen atoms in total. The van der Waals surface area contributed by atoms with Gasteiger partial charge in [0, 0.05) is 17.9 Å². The number of halogens is 3. The molecule has 1 rings (SSSR count). The lowest BCUT2D eigenvalue weighted by Gasteiger charge is -2.28. The molecule has 0 saturated heterocycles. The summed E-state index contributed by atoms with van der Waals surface area (Å²) in [6, 6.07) is 4.79. The summed E-state index contributed by atoms with van der Waals surface area (Å²) in [5.41, 5.74) is -0.731. The lowest BCUT2D eigenvalue weighted by atomic mass is 9.92. The maximum Gasteiger partial charge on any atom is 0.416 e. The van der Waals surface area contributed by atoms with Gasteiger partial charge < -0.3 is 10.4 Å². The van der Waals surface area contributed by atoms with Crippen molar-refractivity contribution in [2.24, 2.45) is 5.92 Å². The largest absolute Gasteiger partial charge is 0.481 e. The third-order valence-electron chi connectivity index (χ3n) is 4.05. The fourth-order valence-corrected chi connectivity index (χ4v) is 2.45. The summed E-state index contributed by atoms with van der Waals surface area (Å²) in [6.45, 7) is 5.33. The van der Waals surface area contributed by atoms with Crippen LogP contribution in [-0.2, 0) is 22.2 Å². The third-order valence-corrected chi connectivity index (χ3v) is 4.05. The van der Waals surface area contributed by atoms with Gasteiger partial charge in [-0.2, -0.15) is 13.2 Å².